The van der Waals surface area contributed by atoms with Crippen molar-refractivity contribution in [3.8, 4) is 0 Å². The molecule has 98 valence electrons. The highest BCUT2D eigenvalue weighted by Crippen LogP contribution is 2.24. The molecule has 0 fully saturated rings. The molecule has 19 heavy (non-hydrogen) atoms. The molecule has 0 bridgehead atoms. The Morgan fingerprint density at radius 2 is 1.95 bits per heavy atom. The van der Waals surface area contributed by atoms with E-state index in [0.717, 1.165) is 16.9 Å². The molecule has 1 atom stereocenters. The first-order chi connectivity index (χ1) is 9.08. The lowest BCUT2D eigenvalue weighted by Gasteiger charge is -2.13. The van der Waals surface area contributed by atoms with Gasteiger partial charge < -0.3 is 5.32 Å². The van der Waals surface area contributed by atoms with E-state index in [0.29, 0.717) is 4.88 Å². The highest BCUT2D eigenvalue weighted by Gasteiger charge is 2.17. The molecule has 5 nitrogen and oxygen atoms in total. The number of nitrogens with one attached hydrogen (secondary N) is 1. The van der Waals surface area contributed by atoms with Crippen LogP contribution in [0, 0.1) is 10.1 Å². The Morgan fingerprint density at radius 3 is 2.53 bits per heavy atom. The van der Waals surface area contributed by atoms with Crippen LogP contribution in [-0.2, 0) is 0 Å². The minimum Gasteiger partial charge on any atom is -0.345 e. The van der Waals surface area contributed by atoms with Gasteiger partial charge in [-0.2, -0.15) is 0 Å². The van der Waals surface area contributed by atoms with Crippen LogP contribution >= 0.6 is 11.3 Å². The molecule has 1 amide bonds. The van der Waals surface area contributed by atoms with Crippen LogP contribution in [0.4, 0.5) is 5.00 Å². The fourth-order valence-electron chi connectivity index (χ4n) is 1.64. The van der Waals surface area contributed by atoms with E-state index in [4.69, 9.17) is 0 Å². The largest absolute Gasteiger partial charge is 0.345 e. The summed E-state index contributed by atoms with van der Waals surface area (Å²) in [6.45, 7) is 1.87. The van der Waals surface area contributed by atoms with Crippen molar-refractivity contribution < 1.29 is 9.72 Å². The number of thiophene rings is 1. The molecule has 6 heteroatoms. The van der Waals surface area contributed by atoms with Crippen molar-refractivity contribution in [2.24, 2.45) is 0 Å². The molecule has 2 aromatic rings. The molecule has 0 spiro atoms. The molecule has 1 N–H and O–H groups in total. The molecule has 0 aliphatic carbocycles. The van der Waals surface area contributed by atoms with Crippen LogP contribution < -0.4 is 5.32 Å². The van der Waals surface area contributed by atoms with Crippen molar-refractivity contribution in [3.63, 3.8) is 0 Å². The highest BCUT2D eigenvalue weighted by atomic mass is 32.1. The summed E-state index contributed by atoms with van der Waals surface area (Å²) < 4.78 is 0. The lowest BCUT2D eigenvalue weighted by Crippen LogP contribution is -2.25. The second-order valence-corrected chi connectivity index (χ2v) is 5.06. The Kier molecular flexibility index (Phi) is 3.91. The average molecular weight is 276 g/mol. The molecule has 0 saturated carbocycles. The van der Waals surface area contributed by atoms with Crippen LogP contribution in [0.5, 0.6) is 0 Å². The third-order valence-electron chi connectivity index (χ3n) is 2.64. The van der Waals surface area contributed by atoms with Gasteiger partial charge in [0.15, 0.2) is 0 Å². The Bertz CT molecular complexity index is 595. The maximum atomic E-state index is 11.9. The van der Waals surface area contributed by atoms with Crippen molar-refractivity contribution in [2.45, 2.75) is 13.0 Å². The third kappa shape index (κ3) is 3.17. The van der Waals surface area contributed by atoms with E-state index in [1.807, 2.05) is 37.3 Å². The van der Waals surface area contributed by atoms with Crippen molar-refractivity contribution in [2.75, 3.05) is 0 Å². The average Bonchev–Trinajstić information content (AvgIpc) is 2.89. The van der Waals surface area contributed by atoms with E-state index in [1.165, 1.54) is 12.1 Å². The van der Waals surface area contributed by atoms with E-state index in [9.17, 15) is 14.9 Å². The number of nitro groups is 1. The van der Waals surface area contributed by atoms with Gasteiger partial charge in [0, 0.05) is 6.07 Å². The summed E-state index contributed by atoms with van der Waals surface area (Å²) in [7, 11) is 0. The molecule has 0 saturated heterocycles. The third-order valence-corrected chi connectivity index (χ3v) is 3.68. The topological polar surface area (TPSA) is 72.2 Å². The number of amides is 1. The smallest absolute Gasteiger partial charge is 0.324 e. The molecule has 1 aromatic carbocycles. The quantitative estimate of drug-likeness (QED) is 0.688. The van der Waals surface area contributed by atoms with Crippen LogP contribution in [0.1, 0.15) is 28.2 Å². The Balaban J connectivity index is 2.06. The number of rotatable bonds is 4. The fraction of sp³-hybridized carbons (Fsp3) is 0.154. The molecule has 1 heterocycles. The van der Waals surface area contributed by atoms with Crippen molar-refractivity contribution in [1.82, 2.24) is 5.32 Å². The van der Waals surface area contributed by atoms with Crippen molar-refractivity contribution in [1.29, 1.82) is 0 Å². The maximum absolute atomic E-state index is 11.9. The van der Waals surface area contributed by atoms with Gasteiger partial charge >= 0.3 is 5.00 Å². The zero-order valence-electron chi connectivity index (χ0n) is 10.2. The van der Waals surface area contributed by atoms with Gasteiger partial charge in [0.05, 0.1) is 15.8 Å². The van der Waals surface area contributed by atoms with Gasteiger partial charge in [-0.15, -0.1) is 0 Å². The van der Waals surface area contributed by atoms with Gasteiger partial charge in [0.1, 0.15) is 0 Å². The lowest BCUT2D eigenvalue weighted by atomic mass is 10.1. The first-order valence-corrected chi connectivity index (χ1v) is 6.49. The molecular formula is C13H12N2O3S. The van der Waals surface area contributed by atoms with Crippen LogP contribution in [0.3, 0.4) is 0 Å². The molecule has 1 aromatic heterocycles. The number of nitrogens with zero attached hydrogens (tertiary/aromatic N) is 1. The van der Waals surface area contributed by atoms with Gasteiger partial charge in [-0.25, -0.2) is 0 Å². The molecule has 2 rings (SSSR count). The summed E-state index contributed by atoms with van der Waals surface area (Å²) in [5, 5.41) is 13.3. The van der Waals surface area contributed by atoms with E-state index in [-0.39, 0.29) is 17.0 Å². The molecule has 0 radical (unpaired) electrons. The lowest BCUT2D eigenvalue weighted by molar-refractivity contribution is -0.380. The first kappa shape index (κ1) is 13.2. The fourth-order valence-corrected chi connectivity index (χ4v) is 2.36. The Hall–Kier alpha value is -2.21. The van der Waals surface area contributed by atoms with E-state index in [1.54, 1.807) is 0 Å². The van der Waals surface area contributed by atoms with Gasteiger partial charge in [0.25, 0.3) is 5.91 Å². The van der Waals surface area contributed by atoms with E-state index < -0.39 is 4.92 Å². The van der Waals surface area contributed by atoms with Crippen LogP contribution in [0.2, 0.25) is 0 Å². The summed E-state index contributed by atoms with van der Waals surface area (Å²) in [5.41, 5.74) is 0.988. The van der Waals surface area contributed by atoms with Gasteiger partial charge in [0.2, 0.25) is 0 Å². The molecule has 0 aliphatic heterocycles. The first-order valence-electron chi connectivity index (χ1n) is 5.68. The monoisotopic (exact) mass is 276 g/mol. The molecular weight excluding hydrogens is 264 g/mol. The van der Waals surface area contributed by atoms with Crippen molar-refractivity contribution >= 4 is 22.2 Å². The van der Waals surface area contributed by atoms with Crippen LogP contribution in [0.15, 0.2) is 42.5 Å². The van der Waals surface area contributed by atoms with E-state index in [2.05, 4.69) is 5.32 Å². The standard InChI is InChI=1S/C13H12N2O3S/c1-9(10-5-3-2-4-6-10)14-13(16)11-7-8-12(19-11)15(17)18/h2-9H,1H3,(H,14,16). The number of benzene rings is 1. The number of hydrogen-bond acceptors (Lipinski definition) is 4. The summed E-state index contributed by atoms with van der Waals surface area (Å²) in [4.78, 5) is 22.4. The number of carbonyl (C=O) groups is 1. The van der Waals surface area contributed by atoms with Gasteiger partial charge in [-0.1, -0.05) is 41.7 Å². The molecule has 1 unspecified atom stereocenters. The zero-order valence-corrected chi connectivity index (χ0v) is 11.0. The predicted molar refractivity (Wildman–Crippen MR) is 73.3 cm³/mol. The normalized spacial score (nSPS) is 11.8. The summed E-state index contributed by atoms with van der Waals surface area (Å²) >= 11 is 0.875. The second-order valence-electron chi connectivity index (χ2n) is 4.00. The summed E-state index contributed by atoms with van der Waals surface area (Å²) in [6, 6.07) is 12.2. The minimum atomic E-state index is -0.498. The highest BCUT2D eigenvalue weighted by molar-refractivity contribution is 7.17. The van der Waals surface area contributed by atoms with Gasteiger partial charge in [-0.05, 0) is 18.6 Å². The maximum Gasteiger partial charge on any atom is 0.324 e. The molecule has 0 aliphatic rings. The zero-order chi connectivity index (χ0) is 13.8. The Labute approximate surface area is 114 Å². The van der Waals surface area contributed by atoms with Crippen LogP contribution in [-0.4, -0.2) is 10.8 Å². The van der Waals surface area contributed by atoms with Gasteiger partial charge in [-0.3, -0.25) is 14.9 Å². The SMILES string of the molecule is CC(NC(=O)c1ccc([N+](=O)[O-])s1)c1ccccc1. The predicted octanol–water partition coefficient (Wildman–Crippen LogP) is 3.15. The summed E-state index contributed by atoms with van der Waals surface area (Å²) in [6.07, 6.45) is 0. The second kappa shape index (κ2) is 5.62. The summed E-state index contributed by atoms with van der Waals surface area (Å²) in [5.74, 6) is -0.297. The Morgan fingerprint density at radius 1 is 1.26 bits per heavy atom. The van der Waals surface area contributed by atoms with Crippen LogP contribution in [0.25, 0.3) is 0 Å². The number of carbonyl (C=O) groups excluding carboxylic acids is 1. The van der Waals surface area contributed by atoms with Crippen molar-refractivity contribution in [3.05, 3.63) is 63.0 Å². The minimum absolute atomic E-state index is 0.0301. The van der Waals surface area contributed by atoms with E-state index >= 15 is 0 Å². The number of hydrogen-bond donors (Lipinski definition) is 1.